The van der Waals surface area contributed by atoms with E-state index in [1.165, 1.54) is 5.39 Å². The minimum atomic E-state index is 0.600. The number of hydrogen-bond acceptors (Lipinski definition) is 2. The smallest absolute Gasteiger partial charge is 0.171 e. The molecule has 0 aliphatic heterocycles. The van der Waals surface area contributed by atoms with Crippen LogP contribution in [-0.4, -0.2) is 14.9 Å². The SMILES string of the molecule is Cc1nn(-c2ccccc2)c(C)c1CNC(=S)Nc1cccc2ccccc12. The van der Waals surface area contributed by atoms with Crippen LogP contribution in [0.1, 0.15) is 17.0 Å². The van der Waals surface area contributed by atoms with Crippen LogP contribution in [0.2, 0.25) is 0 Å². The number of aromatic nitrogens is 2. The van der Waals surface area contributed by atoms with E-state index in [1.54, 1.807) is 0 Å². The number of anilines is 1. The molecule has 0 aliphatic carbocycles. The molecule has 4 aromatic rings. The van der Waals surface area contributed by atoms with Crippen LogP contribution in [0.4, 0.5) is 5.69 Å². The molecular weight excluding hydrogens is 364 g/mol. The quantitative estimate of drug-likeness (QED) is 0.477. The Labute approximate surface area is 170 Å². The molecule has 0 radical (unpaired) electrons. The number of hydrogen-bond donors (Lipinski definition) is 2. The molecule has 0 saturated carbocycles. The van der Waals surface area contributed by atoms with E-state index in [0.717, 1.165) is 33.7 Å². The Morgan fingerprint density at radius 2 is 1.64 bits per heavy atom. The summed E-state index contributed by atoms with van der Waals surface area (Å²) in [6.45, 7) is 4.75. The maximum atomic E-state index is 5.54. The molecule has 1 aromatic heterocycles. The van der Waals surface area contributed by atoms with Gasteiger partial charge in [0.2, 0.25) is 0 Å². The lowest BCUT2D eigenvalue weighted by molar-refractivity contribution is 0.830. The van der Waals surface area contributed by atoms with Gasteiger partial charge in [0.05, 0.1) is 11.4 Å². The summed E-state index contributed by atoms with van der Waals surface area (Å²) in [5.41, 5.74) is 5.34. The molecule has 4 nitrogen and oxygen atoms in total. The highest BCUT2D eigenvalue weighted by Crippen LogP contribution is 2.23. The zero-order chi connectivity index (χ0) is 19.5. The lowest BCUT2D eigenvalue weighted by Crippen LogP contribution is -2.28. The van der Waals surface area contributed by atoms with Crippen LogP contribution in [0.15, 0.2) is 72.8 Å². The molecule has 0 spiro atoms. The first-order chi connectivity index (χ1) is 13.6. The van der Waals surface area contributed by atoms with Gasteiger partial charge >= 0.3 is 0 Å². The molecule has 0 unspecified atom stereocenters. The van der Waals surface area contributed by atoms with E-state index in [4.69, 9.17) is 17.3 Å². The highest BCUT2D eigenvalue weighted by atomic mass is 32.1. The van der Waals surface area contributed by atoms with Gasteiger partial charge in [0, 0.05) is 28.9 Å². The maximum Gasteiger partial charge on any atom is 0.171 e. The van der Waals surface area contributed by atoms with E-state index in [-0.39, 0.29) is 0 Å². The lowest BCUT2D eigenvalue weighted by Gasteiger charge is -2.13. The Morgan fingerprint density at radius 3 is 2.46 bits per heavy atom. The molecule has 28 heavy (non-hydrogen) atoms. The number of nitrogens with zero attached hydrogens (tertiary/aromatic N) is 2. The molecule has 0 atom stereocenters. The van der Waals surface area contributed by atoms with Crippen LogP contribution in [0, 0.1) is 13.8 Å². The second-order valence-electron chi connectivity index (χ2n) is 6.73. The monoisotopic (exact) mass is 386 g/mol. The van der Waals surface area contributed by atoms with Crippen molar-refractivity contribution in [2.75, 3.05) is 5.32 Å². The minimum Gasteiger partial charge on any atom is -0.358 e. The van der Waals surface area contributed by atoms with Crippen molar-refractivity contribution in [1.29, 1.82) is 0 Å². The maximum absolute atomic E-state index is 5.54. The second-order valence-corrected chi connectivity index (χ2v) is 7.14. The van der Waals surface area contributed by atoms with Crippen molar-refractivity contribution in [3.63, 3.8) is 0 Å². The van der Waals surface area contributed by atoms with Crippen molar-refractivity contribution in [3.8, 4) is 5.69 Å². The summed E-state index contributed by atoms with van der Waals surface area (Å²) in [5.74, 6) is 0. The number of rotatable bonds is 4. The van der Waals surface area contributed by atoms with Gasteiger partial charge in [-0.1, -0.05) is 54.6 Å². The van der Waals surface area contributed by atoms with Crippen LogP contribution in [0.25, 0.3) is 16.5 Å². The van der Waals surface area contributed by atoms with Crippen LogP contribution >= 0.6 is 12.2 Å². The van der Waals surface area contributed by atoms with E-state index >= 15 is 0 Å². The first-order valence-electron chi connectivity index (χ1n) is 9.26. The van der Waals surface area contributed by atoms with Gasteiger partial charge < -0.3 is 10.6 Å². The van der Waals surface area contributed by atoms with Crippen LogP contribution in [-0.2, 0) is 6.54 Å². The predicted octanol–water partition coefficient (Wildman–Crippen LogP) is 5.13. The number of thiocarbonyl (C=S) groups is 1. The highest BCUT2D eigenvalue weighted by molar-refractivity contribution is 7.80. The normalized spacial score (nSPS) is 10.8. The Hall–Kier alpha value is -3.18. The molecule has 0 amide bonds. The predicted molar refractivity (Wildman–Crippen MR) is 120 cm³/mol. The largest absolute Gasteiger partial charge is 0.358 e. The lowest BCUT2D eigenvalue weighted by atomic mass is 10.1. The fourth-order valence-corrected chi connectivity index (χ4v) is 3.60. The third-order valence-corrected chi connectivity index (χ3v) is 5.15. The Kier molecular flexibility index (Phi) is 5.08. The second kappa shape index (κ2) is 7.82. The molecule has 0 aliphatic rings. The summed E-state index contributed by atoms with van der Waals surface area (Å²) in [4.78, 5) is 0. The van der Waals surface area contributed by atoms with Crippen LogP contribution in [0.5, 0.6) is 0 Å². The van der Waals surface area contributed by atoms with Crippen LogP contribution < -0.4 is 10.6 Å². The van der Waals surface area contributed by atoms with E-state index in [9.17, 15) is 0 Å². The number of fused-ring (bicyclic) bond motifs is 1. The number of benzene rings is 3. The minimum absolute atomic E-state index is 0.600. The van der Waals surface area contributed by atoms with E-state index in [1.807, 2.05) is 54.1 Å². The average Bonchev–Trinajstić information content (AvgIpc) is 3.01. The molecule has 3 aromatic carbocycles. The summed E-state index contributed by atoms with van der Waals surface area (Å²) in [6, 6.07) is 24.6. The fourth-order valence-electron chi connectivity index (χ4n) is 3.42. The molecule has 2 N–H and O–H groups in total. The van der Waals surface area contributed by atoms with E-state index < -0.39 is 0 Å². The summed E-state index contributed by atoms with van der Waals surface area (Å²) >= 11 is 5.54. The van der Waals surface area contributed by atoms with Crippen LogP contribution in [0.3, 0.4) is 0 Å². The third kappa shape index (κ3) is 3.62. The molecule has 1 heterocycles. The number of aryl methyl sites for hydroxylation is 1. The van der Waals surface area contributed by atoms with Gasteiger partial charge in [-0.2, -0.15) is 5.10 Å². The van der Waals surface area contributed by atoms with Crippen molar-refractivity contribution >= 4 is 33.8 Å². The molecule has 140 valence electrons. The van der Waals surface area contributed by atoms with Crippen molar-refractivity contribution in [1.82, 2.24) is 15.1 Å². The van der Waals surface area contributed by atoms with Crippen molar-refractivity contribution < 1.29 is 0 Å². The zero-order valence-corrected chi connectivity index (χ0v) is 16.8. The fraction of sp³-hybridized carbons (Fsp3) is 0.130. The molecule has 0 fully saturated rings. The van der Waals surface area contributed by atoms with Crippen molar-refractivity contribution in [2.45, 2.75) is 20.4 Å². The van der Waals surface area contributed by atoms with Gasteiger partial charge in [0.25, 0.3) is 0 Å². The van der Waals surface area contributed by atoms with Gasteiger partial charge in [0.1, 0.15) is 0 Å². The average molecular weight is 387 g/mol. The summed E-state index contributed by atoms with van der Waals surface area (Å²) < 4.78 is 1.98. The molecule has 0 bridgehead atoms. The van der Waals surface area contributed by atoms with Gasteiger partial charge in [-0.15, -0.1) is 0 Å². The van der Waals surface area contributed by atoms with Gasteiger partial charge in [-0.25, -0.2) is 4.68 Å². The standard InChI is InChI=1S/C23H22N4S/c1-16-21(17(2)27(26-16)19-11-4-3-5-12-19)15-24-23(28)25-22-14-8-10-18-9-6-7-13-20(18)22/h3-14H,15H2,1-2H3,(H2,24,25,28). The molecule has 4 rings (SSSR count). The first-order valence-corrected chi connectivity index (χ1v) is 9.67. The topological polar surface area (TPSA) is 41.9 Å². The summed E-state index contributed by atoms with van der Waals surface area (Å²) in [5, 5.41) is 14.3. The number of para-hydroxylation sites is 1. The molecule has 0 saturated heterocycles. The van der Waals surface area contributed by atoms with Gasteiger partial charge in [0.15, 0.2) is 5.11 Å². The number of nitrogens with one attached hydrogen (secondary N) is 2. The highest BCUT2D eigenvalue weighted by Gasteiger charge is 2.13. The van der Waals surface area contributed by atoms with E-state index in [2.05, 4.69) is 47.9 Å². The Bertz CT molecular complexity index is 1130. The zero-order valence-electron chi connectivity index (χ0n) is 15.9. The molecular formula is C23H22N4S. The van der Waals surface area contributed by atoms with Crippen molar-refractivity contribution in [3.05, 3.63) is 89.7 Å². The first kappa shape index (κ1) is 18.2. The Balaban J connectivity index is 1.49. The Morgan fingerprint density at radius 1 is 0.929 bits per heavy atom. The summed E-state index contributed by atoms with van der Waals surface area (Å²) in [7, 11) is 0. The van der Waals surface area contributed by atoms with E-state index in [0.29, 0.717) is 11.7 Å². The van der Waals surface area contributed by atoms with Gasteiger partial charge in [-0.3, -0.25) is 0 Å². The third-order valence-electron chi connectivity index (χ3n) is 4.91. The van der Waals surface area contributed by atoms with Gasteiger partial charge in [-0.05, 0) is 49.7 Å². The summed E-state index contributed by atoms with van der Waals surface area (Å²) in [6.07, 6.45) is 0. The van der Waals surface area contributed by atoms with Crippen molar-refractivity contribution in [2.24, 2.45) is 0 Å². The molecule has 5 heteroatoms.